The Morgan fingerprint density at radius 3 is 2.44 bits per heavy atom. The van der Waals surface area contributed by atoms with Gasteiger partial charge in [-0.3, -0.25) is 14.4 Å². The number of H-pyrrole nitrogens is 1. The number of nitrogens with zero attached hydrogens (tertiary/aromatic N) is 2. The predicted molar refractivity (Wildman–Crippen MR) is 49.2 cm³/mol. The highest BCUT2D eigenvalue weighted by Crippen LogP contribution is 1.89. The third-order valence-electron chi connectivity index (χ3n) is 1.79. The minimum atomic E-state index is -1.13. The molecule has 0 atom stereocenters. The minimum absolute atomic E-state index is 0.224. The quantitative estimate of drug-likeness (QED) is 0.451. The van der Waals surface area contributed by atoms with Crippen LogP contribution in [0.25, 0.3) is 0 Å². The van der Waals surface area contributed by atoms with E-state index < -0.39 is 23.9 Å². The van der Waals surface area contributed by atoms with Gasteiger partial charge in [-0.2, -0.15) is 0 Å². The maximum Gasteiger partial charge on any atom is 0.307 e. The number of aromatic amines is 1. The molecule has 1 aromatic rings. The fraction of sp³-hybridized carbons (Fsp3) is 0.125. The molecule has 8 nitrogen and oxygen atoms in total. The number of ketones is 1. The van der Waals surface area contributed by atoms with E-state index >= 15 is 0 Å². The van der Waals surface area contributed by atoms with Crippen molar-refractivity contribution in [1.29, 1.82) is 0 Å². The first kappa shape index (κ1) is 10.0. The Hall–Kier alpha value is -2.51. The molecular weight excluding hydrogens is 214 g/mol. The van der Waals surface area contributed by atoms with Gasteiger partial charge in [-0.15, -0.1) is 0 Å². The van der Waals surface area contributed by atoms with Gasteiger partial charge in [-0.05, 0) is 6.07 Å². The number of hydrogen-bond acceptors (Lipinski definition) is 5. The zero-order valence-electron chi connectivity index (χ0n) is 7.93. The van der Waals surface area contributed by atoms with Gasteiger partial charge >= 0.3 is 17.6 Å². The average Bonchev–Trinajstić information content (AvgIpc) is 2.27. The molecule has 82 valence electrons. The van der Waals surface area contributed by atoms with Gasteiger partial charge in [0.2, 0.25) is 11.9 Å². The Labute approximate surface area is 88.8 Å². The van der Waals surface area contributed by atoms with Crippen molar-refractivity contribution in [3.63, 3.8) is 0 Å². The third-order valence-corrected chi connectivity index (χ3v) is 1.79. The number of hydrogen-bond donors (Lipinski definition) is 3. The van der Waals surface area contributed by atoms with Crippen molar-refractivity contribution in [3.05, 3.63) is 24.1 Å². The Kier molecular flexibility index (Phi) is 2.46. The summed E-state index contributed by atoms with van der Waals surface area (Å²) >= 11 is 0. The summed E-state index contributed by atoms with van der Waals surface area (Å²) in [6.07, 6.45) is 2.10. The van der Waals surface area contributed by atoms with Crippen molar-refractivity contribution in [1.82, 2.24) is 20.6 Å². The molecule has 0 saturated carbocycles. The van der Waals surface area contributed by atoms with E-state index in [1.54, 1.807) is 12.3 Å². The van der Waals surface area contributed by atoms with Crippen LogP contribution < -0.4 is 16.3 Å². The van der Waals surface area contributed by atoms with Gasteiger partial charge in [-0.25, -0.2) is 9.98 Å². The van der Waals surface area contributed by atoms with Crippen molar-refractivity contribution in [2.75, 3.05) is 0 Å². The second kappa shape index (κ2) is 3.93. The van der Waals surface area contributed by atoms with Crippen LogP contribution in [-0.4, -0.2) is 33.9 Å². The smallest absolute Gasteiger partial charge is 0.307 e. The molecular formula is C8H7N5O3. The van der Waals surface area contributed by atoms with Crippen LogP contribution in [0.3, 0.4) is 0 Å². The van der Waals surface area contributed by atoms with Crippen LogP contribution in [-0.2, 0) is 14.4 Å². The SMILES string of the molecule is O=C1NC(N=c2nccc[nH]2)NC(=O)C1=O. The third kappa shape index (κ3) is 1.95. The van der Waals surface area contributed by atoms with Crippen LogP contribution in [0.15, 0.2) is 23.5 Å². The van der Waals surface area contributed by atoms with E-state index in [0.717, 1.165) is 0 Å². The Bertz CT molecular complexity index is 483. The summed E-state index contributed by atoms with van der Waals surface area (Å²) in [7, 11) is 0. The topological polar surface area (TPSA) is 116 Å². The summed E-state index contributed by atoms with van der Waals surface area (Å²) in [6.45, 7) is 0. The van der Waals surface area contributed by atoms with E-state index in [4.69, 9.17) is 0 Å². The van der Waals surface area contributed by atoms with E-state index in [-0.39, 0.29) is 5.62 Å². The standard InChI is InChI=1S/C8H7N5O3/c14-4-5(15)11-8(12-6(4)16)13-7-9-2-1-3-10-7/h1-3,8H,(H,11,15)(H,12,16)(H,9,10,13). The van der Waals surface area contributed by atoms with Crippen molar-refractivity contribution in [2.24, 2.45) is 4.99 Å². The minimum Gasteiger partial charge on any atom is -0.331 e. The second-order valence-electron chi connectivity index (χ2n) is 2.91. The lowest BCUT2D eigenvalue weighted by Crippen LogP contribution is -2.59. The molecule has 2 amide bonds. The molecule has 0 bridgehead atoms. The average molecular weight is 221 g/mol. The number of rotatable bonds is 1. The van der Waals surface area contributed by atoms with E-state index in [0.29, 0.717) is 0 Å². The van der Waals surface area contributed by atoms with Crippen molar-refractivity contribution in [2.45, 2.75) is 6.29 Å². The Morgan fingerprint density at radius 2 is 1.88 bits per heavy atom. The summed E-state index contributed by atoms with van der Waals surface area (Å²) in [5, 5.41) is 4.40. The summed E-state index contributed by atoms with van der Waals surface area (Å²) in [5.41, 5.74) is 0.224. The monoisotopic (exact) mass is 221 g/mol. The molecule has 1 aliphatic heterocycles. The predicted octanol–water partition coefficient (Wildman–Crippen LogP) is -2.59. The van der Waals surface area contributed by atoms with E-state index in [9.17, 15) is 14.4 Å². The lowest BCUT2D eigenvalue weighted by molar-refractivity contribution is -0.149. The maximum absolute atomic E-state index is 11.0. The van der Waals surface area contributed by atoms with Gasteiger partial charge in [0.05, 0.1) is 0 Å². The van der Waals surface area contributed by atoms with Gasteiger partial charge in [0.15, 0.2) is 0 Å². The normalized spacial score (nSPS) is 18.2. The largest absolute Gasteiger partial charge is 0.331 e. The summed E-state index contributed by atoms with van der Waals surface area (Å²) in [4.78, 5) is 43.2. The number of aromatic nitrogens is 2. The number of nitrogens with one attached hydrogen (secondary N) is 3. The highest BCUT2D eigenvalue weighted by atomic mass is 16.2. The summed E-state index contributed by atoms with van der Waals surface area (Å²) in [5.74, 6) is -3.08. The molecule has 3 N–H and O–H groups in total. The molecule has 1 aliphatic rings. The first-order valence-corrected chi connectivity index (χ1v) is 4.36. The lowest BCUT2D eigenvalue weighted by Gasteiger charge is -2.18. The van der Waals surface area contributed by atoms with Crippen molar-refractivity contribution < 1.29 is 14.4 Å². The molecule has 16 heavy (non-hydrogen) atoms. The number of Topliss-reactive ketones (excluding diaryl/α,β-unsaturated/α-hetero) is 1. The first-order chi connectivity index (χ1) is 7.66. The lowest BCUT2D eigenvalue weighted by atomic mass is 10.3. The number of amides is 2. The van der Waals surface area contributed by atoms with E-state index in [2.05, 4.69) is 25.6 Å². The molecule has 1 saturated heterocycles. The molecule has 0 aromatic carbocycles. The van der Waals surface area contributed by atoms with Gasteiger partial charge in [0.1, 0.15) is 0 Å². The number of carbonyl (C=O) groups is 3. The molecule has 0 unspecified atom stereocenters. The zero-order chi connectivity index (χ0) is 11.5. The Balaban J connectivity index is 2.23. The highest BCUT2D eigenvalue weighted by molar-refractivity contribution is 6.63. The molecule has 0 aliphatic carbocycles. The van der Waals surface area contributed by atoms with Crippen molar-refractivity contribution >= 4 is 17.6 Å². The zero-order valence-corrected chi connectivity index (χ0v) is 7.93. The maximum atomic E-state index is 11.0. The highest BCUT2D eigenvalue weighted by Gasteiger charge is 2.32. The van der Waals surface area contributed by atoms with Crippen LogP contribution in [0.4, 0.5) is 0 Å². The van der Waals surface area contributed by atoms with Crippen LogP contribution >= 0.6 is 0 Å². The van der Waals surface area contributed by atoms with Gasteiger partial charge in [0, 0.05) is 12.4 Å². The first-order valence-electron chi connectivity index (χ1n) is 4.36. The van der Waals surface area contributed by atoms with Crippen LogP contribution in [0, 0.1) is 0 Å². The van der Waals surface area contributed by atoms with Crippen LogP contribution in [0.2, 0.25) is 0 Å². The molecule has 1 fully saturated rings. The summed E-state index contributed by atoms with van der Waals surface area (Å²) < 4.78 is 0. The summed E-state index contributed by atoms with van der Waals surface area (Å²) in [6, 6.07) is 1.65. The molecule has 2 heterocycles. The second-order valence-corrected chi connectivity index (χ2v) is 2.91. The molecule has 0 radical (unpaired) electrons. The molecule has 2 rings (SSSR count). The van der Waals surface area contributed by atoms with Gasteiger partial charge < -0.3 is 15.6 Å². The van der Waals surface area contributed by atoms with Crippen molar-refractivity contribution in [3.8, 4) is 0 Å². The van der Waals surface area contributed by atoms with E-state index in [1.807, 2.05) is 0 Å². The number of carbonyl (C=O) groups excluding carboxylic acids is 3. The fourth-order valence-corrected chi connectivity index (χ4v) is 1.09. The van der Waals surface area contributed by atoms with E-state index in [1.165, 1.54) is 6.20 Å². The van der Waals surface area contributed by atoms with Crippen LogP contribution in [0.5, 0.6) is 0 Å². The van der Waals surface area contributed by atoms with Gasteiger partial charge in [-0.1, -0.05) is 0 Å². The fourth-order valence-electron chi connectivity index (χ4n) is 1.09. The molecule has 8 heteroatoms. The van der Waals surface area contributed by atoms with Gasteiger partial charge in [0.25, 0.3) is 0 Å². The molecule has 0 spiro atoms. The Morgan fingerprint density at radius 1 is 1.19 bits per heavy atom. The molecule has 1 aromatic heterocycles. The van der Waals surface area contributed by atoms with Crippen LogP contribution in [0.1, 0.15) is 0 Å².